The number of carbonyl (C=O) groups is 12. The van der Waals surface area contributed by atoms with Gasteiger partial charge >= 0.3 is 72.4 Å². The first-order valence-electron chi connectivity index (χ1n) is 54.2. The highest BCUT2D eigenvalue weighted by Crippen LogP contribution is 2.51. The molecule has 12 saturated carbocycles. The van der Waals surface area contributed by atoms with Crippen LogP contribution in [0.2, 0.25) is 0 Å². The first kappa shape index (κ1) is 91.9. The van der Waals surface area contributed by atoms with Crippen molar-refractivity contribution in [3.05, 3.63) is 0 Å². The van der Waals surface area contributed by atoms with Crippen molar-refractivity contribution in [1.29, 1.82) is 0 Å². The minimum Gasteiger partial charge on any atom is -0.302 e. The Morgan fingerprint density at radius 3 is 0.204 bits per heavy atom. The van der Waals surface area contributed by atoms with Gasteiger partial charge in [-0.25, -0.2) is 57.5 Å². The number of hydrogen-bond acceptors (Lipinski definition) is 12. The van der Waals surface area contributed by atoms with E-state index in [9.17, 15) is 0 Å². The number of alkyl halides is 4. The Bertz CT molecular complexity index is 3470. The predicted molar refractivity (Wildman–Crippen MR) is 506 cm³/mol. The Morgan fingerprint density at radius 1 is 0.117 bits per heavy atom. The van der Waals surface area contributed by atoms with Crippen LogP contribution in [0.25, 0.3) is 0 Å². The zero-order chi connectivity index (χ0) is 93.6. The molecular formula is C97H144Cl4N24O12. The van der Waals surface area contributed by atoms with Gasteiger partial charge in [-0.05, 0) is 154 Å². The summed E-state index contributed by atoms with van der Waals surface area (Å²) in [4.78, 5) is 228. The fourth-order valence-electron chi connectivity index (χ4n) is 33.1. The average molecular weight is 1980 g/mol. The molecule has 0 radical (unpaired) electrons. The fraction of sp³-hybridized carbons (Fsp3) is 0.876. The summed E-state index contributed by atoms with van der Waals surface area (Å²) in [6, 6.07) is -1.98. The summed E-state index contributed by atoms with van der Waals surface area (Å²) in [6.07, 6.45) is 45.4. The molecule has 0 aromatic rings. The van der Waals surface area contributed by atoms with Crippen LogP contribution in [0.3, 0.4) is 0 Å². The Balaban J connectivity index is 0.000000143. The lowest BCUT2D eigenvalue weighted by molar-refractivity contribution is 0.110. The van der Waals surface area contributed by atoms with Gasteiger partial charge < -0.3 is 118 Å². The van der Waals surface area contributed by atoms with Crippen LogP contribution in [-0.4, -0.2) is 418 Å². The van der Waals surface area contributed by atoms with E-state index >= 15 is 57.5 Å². The number of fused-ring (bicyclic) bond motifs is 60. The molecule has 14 saturated heterocycles. The molecule has 24 bridgehead atoms. The minimum atomic E-state index is -1.61. The number of halogens is 4. The molecule has 137 heavy (non-hydrogen) atoms. The smallest absolute Gasteiger partial charge is 0.302 e. The highest BCUT2D eigenvalue weighted by atomic mass is 35.6. The SMILES string of the molecule is ClC(Cl)(Cl)Cl.O=C1N2CN3C(=O)N(CN4C(=O)N(CN5C(=O)N(CN6C(=O)N(CN7C(=O)N(CN1[C@H]1CCCC[C@H]12)[C@H]1CCCC[C@H]17)[C@@H]1CCCC[C@@H]16)[C@H]1CCCC[C@H]15)[C@@H]1CCCC[C@@H]14)[C@H]1CCCC[C@H]13.O=C1N2CN3C(=O)N(CN4C(=O)N(CN5C(=O)N(CN6C(=O)N(CN7C(=O)N(CN1[C@H]1CCCC[C@H]12)[C@H]1CCCC[C@H]17)[C@@H]1CCCC[C@@H]16)[C@H]1CCCC[C@H]15)[C@@H]1CCCC[C@@H]14)[C@H]1CCCC[C@H]13. The number of urea groups is 12. The molecular weight excluding hydrogens is 1840 g/mol. The van der Waals surface area contributed by atoms with Crippen molar-refractivity contribution in [1.82, 2.24) is 118 Å². The summed E-state index contributed by atoms with van der Waals surface area (Å²) in [5, 5.41) is 0. The average Bonchev–Trinajstić information content (AvgIpc) is 1.58. The molecule has 0 aromatic heterocycles. The summed E-state index contributed by atoms with van der Waals surface area (Å²) in [5.74, 6) is 0. The highest BCUT2D eigenvalue weighted by Gasteiger charge is 2.65. The molecule has 14 heterocycles. The zero-order valence-corrected chi connectivity index (χ0v) is 83.0. The van der Waals surface area contributed by atoms with Gasteiger partial charge in [-0.15, -0.1) is 0 Å². The number of amides is 24. The summed E-state index contributed by atoms with van der Waals surface area (Å²) in [7, 11) is 0. The van der Waals surface area contributed by atoms with E-state index in [2.05, 4.69) is 0 Å². The molecule has 40 heteroatoms. The van der Waals surface area contributed by atoms with Gasteiger partial charge in [0.1, 0.15) is 0 Å². The molecule has 14 aliphatic heterocycles. The molecule has 24 amide bonds. The molecule has 36 nitrogen and oxygen atoms in total. The van der Waals surface area contributed by atoms with Crippen LogP contribution < -0.4 is 0 Å². The first-order chi connectivity index (χ1) is 66.5. The van der Waals surface area contributed by atoms with Gasteiger partial charge in [0.15, 0.2) is 0 Å². The van der Waals surface area contributed by atoms with Crippen molar-refractivity contribution in [2.45, 2.75) is 456 Å². The van der Waals surface area contributed by atoms with E-state index in [1.165, 1.54) is 0 Å². The molecule has 26 fully saturated rings. The maximum Gasteiger partial charge on any atom is 0.323 e. The molecule has 752 valence electrons. The van der Waals surface area contributed by atoms with Crippen molar-refractivity contribution in [3.63, 3.8) is 0 Å². The van der Waals surface area contributed by atoms with Crippen LogP contribution in [0.4, 0.5) is 57.5 Å². The van der Waals surface area contributed by atoms with Crippen molar-refractivity contribution < 1.29 is 57.5 Å². The van der Waals surface area contributed by atoms with Crippen LogP contribution in [0, 0.1) is 0 Å². The molecule has 0 N–H and O–H groups in total. The monoisotopic (exact) mass is 1980 g/mol. The van der Waals surface area contributed by atoms with Crippen LogP contribution >= 0.6 is 46.4 Å². The summed E-state index contributed by atoms with van der Waals surface area (Å²) in [6.45, 7) is 2.64. The van der Waals surface area contributed by atoms with Crippen molar-refractivity contribution >= 4 is 119 Å². The van der Waals surface area contributed by atoms with Gasteiger partial charge in [0.05, 0.1) is 225 Å². The number of nitrogens with zero attached hydrogens (tertiary/aromatic N) is 24. The first-order valence-corrected chi connectivity index (χ1v) is 55.7. The van der Waals surface area contributed by atoms with Gasteiger partial charge in [-0.1, -0.05) is 201 Å². The molecule has 0 spiro atoms. The zero-order valence-electron chi connectivity index (χ0n) is 79.9. The third-order valence-electron chi connectivity index (χ3n) is 39.5. The van der Waals surface area contributed by atoms with Crippen LogP contribution in [0.15, 0.2) is 0 Å². The lowest BCUT2D eigenvalue weighted by Crippen LogP contribution is -2.50. The van der Waals surface area contributed by atoms with Crippen molar-refractivity contribution in [2.24, 2.45) is 0 Å². The Kier molecular flexibility index (Phi) is 24.6. The van der Waals surface area contributed by atoms with Gasteiger partial charge in [0, 0.05) is 0 Å². The van der Waals surface area contributed by atoms with E-state index in [0.29, 0.717) is 0 Å². The van der Waals surface area contributed by atoms with E-state index in [0.717, 1.165) is 308 Å². The van der Waals surface area contributed by atoms with Crippen LogP contribution in [0.1, 0.15) is 308 Å². The lowest BCUT2D eigenvalue weighted by Gasteiger charge is -2.37. The Morgan fingerprint density at radius 2 is 0.161 bits per heavy atom. The Hall–Kier alpha value is -7.60. The number of rotatable bonds is 0. The second-order valence-electron chi connectivity index (χ2n) is 45.8. The molecule has 12 aliphatic carbocycles. The number of hydrogen-bond donors (Lipinski definition) is 0. The molecule has 0 aromatic carbocycles. The maximum atomic E-state index is 15.0. The minimum absolute atomic E-state index is 0.0405. The third-order valence-corrected chi connectivity index (χ3v) is 39.5. The Labute approximate surface area is 825 Å². The van der Waals surface area contributed by atoms with Gasteiger partial charge in [-0.2, -0.15) is 0 Å². The second kappa shape index (κ2) is 36.7. The van der Waals surface area contributed by atoms with Crippen LogP contribution in [-0.2, 0) is 0 Å². The van der Waals surface area contributed by atoms with E-state index in [-0.39, 0.29) is 297 Å². The summed E-state index contributed by atoms with van der Waals surface area (Å²) < 4.78 is -1.61. The quantitative estimate of drug-likeness (QED) is 0.205. The summed E-state index contributed by atoms with van der Waals surface area (Å²) in [5.41, 5.74) is 0. The highest BCUT2D eigenvalue weighted by molar-refractivity contribution is 6.83. The summed E-state index contributed by atoms with van der Waals surface area (Å²) >= 11 is 19.3. The normalized spacial score (nSPS) is 39.5. The largest absolute Gasteiger partial charge is 0.323 e. The standard InChI is InChI=1S/2C48H72N12O6.CCl4/c2*61-43-49-25-51-33-15-3-4-16-34(33)53(44(51)62)27-55-37-19-7-8-20-38(37)57(46(55)64)29-59-41-23-11-12-24-42(41)60(48(59)66)30-58-40-22-10-9-21-39(40)56(47(58)65)28-54-36-18-6-5-17-35(36)52(45(54)63)26-50(43)32-14-2-1-13-31(32)49;2-1(3,4)5/h2*31-42H,1-30H2;/t2*31-,32+,33-,34+,35+,36-,37+,38-,39-,40+,41-,42+;. The van der Waals surface area contributed by atoms with E-state index < -0.39 is 3.25 Å². The maximum absolute atomic E-state index is 15.0. The number of carbonyl (C=O) groups excluding carboxylic acids is 12. The molecule has 24 atom stereocenters. The molecule has 26 rings (SSSR count). The topological polar surface area (TPSA) is 283 Å². The fourth-order valence-corrected chi connectivity index (χ4v) is 33.1. The predicted octanol–water partition coefficient (Wildman–Crippen LogP) is 14.6. The van der Waals surface area contributed by atoms with Crippen molar-refractivity contribution in [3.8, 4) is 0 Å². The van der Waals surface area contributed by atoms with Crippen molar-refractivity contribution in [2.75, 3.05) is 80.0 Å². The van der Waals surface area contributed by atoms with Gasteiger partial charge in [-0.3, -0.25) is 0 Å². The van der Waals surface area contributed by atoms with E-state index in [4.69, 9.17) is 46.4 Å². The second-order valence-corrected chi connectivity index (χ2v) is 49.2. The lowest BCUT2D eigenvalue weighted by atomic mass is 9.89. The van der Waals surface area contributed by atoms with E-state index in [1.807, 2.05) is 118 Å². The van der Waals surface area contributed by atoms with E-state index in [1.54, 1.807) is 0 Å². The molecule has 0 unspecified atom stereocenters. The molecule has 26 aliphatic rings. The third kappa shape index (κ3) is 15.4. The van der Waals surface area contributed by atoms with Crippen LogP contribution in [0.5, 0.6) is 0 Å². The van der Waals surface area contributed by atoms with Gasteiger partial charge in [0.2, 0.25) is 0 Å². The van der Waals surface area contributed by atoms with Gasteiger partial charge in [0.25, 0.3) is 3.25 Å².